The van der Waals surface area contributed by atoms with Crippen LogP contribution in [0.25, 0.3) is 16.8 Å². The molecule has 3 N–H and O–H groups in total. The van der Waals surface area contributed by atoms with Crippen molar-refractivity contribution in [2.24, 2.45) is 5.73 Å². The molecule has 190 valence electrons. The number of carbonyl (C=O) groups is 1. The Kier molecular flexibility index (Phi) is 6.64. The molecule has 2 aromatic heterocycles. The van der Waals surface area contributed by atoms with Crippen molar-refractivity contribution in [1.29, 1.82) is 5.26 Å². The zero-order valence-corrected chi connectivity index (χ0v) is 19.9. The minimum absolute atomic E-state index is 0.0452. The molecule has 0 bridgehead atoms. The molecular weight excluding hydrogens is 492 g/mol. The maximum Gasteiger partial charge on any atom is 0.276 e. The van der Waals surface area contributed by atoms with Crippen LogP contribution < -0.4 is 21.5 Å². The van der Waals surface area contributed by atoms with Gasteiger partial charge in [-0.25, -0.2) is 8.78 Å². The Hall–Kier alpha value is -4.95. The maximum atomic E-state index is 14.3. The SMILES string of the molecule is N#Cc1ccncc1-c1ccc(NC(=O)c2ccc(=O)n(-c3c(F)cccc3F)n2)c(N2CC[C@@H](N)C2)c1. The Morgan fingerprint density at radius 1 is 1.13 bits per heavy atom. The van der Waals surface area contributed by atoms with E-state index in [1.807, 2.05) is 11.0 Å². The summed E-state index contributed by atoms with van der Waals surface area (Å²) in [6, 6.07) is 14.4. The monoisotopic (exact) mass is 513 g/mol. The van der Waals surface area contributed by atoms with E-state index in [9.17, 15) is 23.6 Å². The summed E-state index contributed by atoms with van der Waals surface area (Å²) in [4.78, 5) is 31.7. The van der Waals surface area contributed by atoms with Gasteiger partial charge in [-0.2, -0.15) is 15.0 Å². The van der Waals surface area contributed by atoms with Crippen molar-refractivity contribution in [3.05, 3.63) is 100 Å². The number of rotatable bonds is 5. The van der Waals surface area contributed by atoms with Crippen molar-refractivity contribution in [2.75, 3.05) is 23.3 Å². The summed E-state index contributed by atoms with van der Waals surface area (Å²) < 4.78 is 29.1. The molecule has 0 unspecified atom stereocenters. The van der Waals surface area contributed by atoms with Crippen molar-refractivity contribution in [2.45, 2.75) is 12.5 Å². The molecule has 0 spiro atoms. The molecule has 1 aliphatic rings. The fourth-order valence-electron chi connectivity index (χ4n) is 4.36. The Balaban J connectivity index is 1.52. The van der Waals surface area contributed by atoms with Gasteiger partial charge in [-0.1, -0.05) is 12.1 Å². The zero-order chi connectivity index (χ0) is 26.8. The third kappa shape index (κ3) is 4.72. The van der Waals surface area contributed by atoms with E-state index in [-0.39, 0.29) is 11.7 Å². The van der Waals surface area contributed by atoms with Crippen LogP contribution in [0, 0.1) is 23.0 Å². The van der Waals surface area contributed by atoms with Crippen LogP contribution in [0.1, 0.15) is 22.5 Å². The lowest BCUT2D eigenvalue weighted by Gasteiger charge is -2.23. The maximum absolute atomic E-state index is 14.3. The normalized spacial score (nSPS) is 14.8. The smallest absolute Gasteiger partial charge is 0.276 e. The second-order valence-electron chi connectivity index (χ2n) is 8.75. The average Bonchev–Trinajstić information content (AvgIpc) is 3.35. The molecule has 1 amide bonds. The molecule has 5 rings (SSSR count). The van der Waals surface area contributed by atoms with Gasteiger partial charge >= 0.3 is 0 Å². The van der Waals surface area contributed by atoms with Crippen LogP contribution in [-0.2, 0) is 0 Å². The topological polar surface area (TPSA) is 130 Å². The lowest BCUT2D eigenvalue weighted by molar-refractivity contribution is 0.102. The van der Waals surface area contributed by atoms with Crippen LogP contribution in [0.15, 0.2) is 71.8 Å². The van der Waals surface area contributed by atoms with Crippen molar-refractivity contribution < 1.29 is 13.6 Å². The van der Waals surface area contributed by atoms with Gasteiger partial charge in [0.05, 0.1) is 23.0 Å². The molecule has 1 saturated heterocycles. The van der Waals surface area contributed by atoms with E-state index in [4.69, 9.17) is 5.73 Å². The molecule has 3 heterocycles. The minimum atomic E-state index is -0.993. The number of nitrogens with zero attached hydrogens (tertiary/aromatic N) is 5. The number of carbonyl (C=O) groups excluding carboxylic acids is 1. The van der Waals surface area contributed by atoms with E-state index in [1.54, 1.807) is 24.4 Å². The molecule has 1 atom stereocenters. The number of nitrogens with two attached hydrogens (primary N) is 1. The number of para-hydroxylation sites is 1. The van der Waals surface area contributed by atoms with E-state index in [0.717, 1.165) is 36.2 Å². The number of pyridine rings is 1. The van der Waals surface area contributed by atoms with Gasteiger partial charge in [0.1, 0.15) is 11.4 Å². The lowest BCUT2D eigenvalue weighted by Crippen LogP contribution is -2.28. The first-order valence-corrected chi connectivity index (χ1v) is 11.7. The number of amides is 1. The first-order chi connectivity index (χ1) is 18.4. The number of nitriles is 1. The summed E-state index contributed by atoms with van der Waals surface area (Å²) >= 11 is 0. The summed E-state index contributed by atoms with van der Waals surface area (Å²) in [6.07, 6.45) is 3.89. The van der Waals surface area contributed by atoms with E-state index in [2.05, 4.69) is 21.5 Å². The van der Waals surface area contributed by atoms with E-state index in [1.165, 1.54) is 12.3 Å². The number of nitrogens with one attached hydrogen (secondary N) is 1. The number of hydrogen-bond acceptors (Lipinski definition) is 7. The summed E-state index contributed by atoms with van der Waals surface area (Å²) in [7, 11) is 0. The van der Waals surface area contributed by atoms with Crippen LogP contribution in [0.5, 0.6) is 0 Å². The molecule has 0 radical (unpaired) electrons. The van der Waals surface area contributed by atoms with E-state index < -0.39 is 28.8 Å². The predicted octanol–water partition coefficient (Wildman–Crippen LogP) is 3.23. The number of benzene rings is 2. The van der Waals surface area contributed by atoms with Gasteiger partial charge in [-0.3, -0.25) is 14.6 Å². The Bertz CT molecular complexity index is 1630. The fourth-order valence-corrected chi connectivity index (χ4v) is 4.36. The van der Waals surface area contributed by atoms with E-state index in [0.29, 0.717) is 40.3 Å². The Morgan fingerprint density at radius 3 is 2.63 bits per heavy atom. The molecule has 2 aromatic carbocycles. The molecule has 4 aromatic rings. The van der Waals surface area contributed by atoms with Crippen LogP contribution in [-0.4, -0.2) is 39.8 Å². The van der Waals surface area contributed by atoms with E-state index >= 15 is 0 Å². The molecule has 0 saturated carbocycles. The molecule has 1 aliphatic heterocycles. The summed E-state index contributed by atoms with van der Waals surface area (Å²) in [5, 5.41) is 16.2. The highest BCUT2D eigenvalue weighted by Crippen LogP contribution is 2.34. The van der Waals surface area contributed by atoms with Gasteiger partial charge in [0.2, 0.25) is 0 Å². The van der Waals surface area contributed by atoms with Gasteiger partial charge in [0, 0.05) is 43.2 Å². The summed E-state index contributed by atoms with van der Waals surface area (Å²) in [5.74, 6) is -2.67. The molecular formula is C27H21F2N7O2. The highest BCUT2D eigenvalue weighted by molar-refractivity contribution is 6.05. The molecule has 0 aliphatic carbocycles. The Labute approximate surface area is 215 Å². The third-order valence-electron chi connectivity index (χ3n) is 6.25. The number of hydrogen-bond donors (Lipinski definition) is 2. The van der Waals surface area contributed by atoms with Crippen LogP contribution >= 0.6 is 0 Å². The van der Waals surface area contributed by atoms with Crippen molar-refractivity contribution >= 4 is 17.3 Å². The lowest BCUT2D eigenvalue weighted by atomic mass is 10.0. The first kappa shape index (κ1) is 24.7. The molecule has 1 fully saturated rings. The zero-order valence-electron chi connectivity index (χ0n) is 19.9. The standard InChI is InChI=1S/C27H21F2N7O2/c28-20-2-1-3-21(29)26(20)36-25(37)7-6-23(34-36)27(38)33-22-5-4-16(19-14-32-10-8-17(19)13-30)12-24(22)35-11-9-18(31)15-35/h1-8,10,12,14,18H,9,11,15,31H2,(H,33,38)/t18-/m1/s1. The van der Waals surface area contributed by atoms with Crippen LogP contribution in [0.4, 0.5) is 20.2 Å². The van der Waals surface area contributed by atoms with Gasteiger partial charge < -0.3 is 16.0 Å². The van der Waals surface area contributed by atoms with Crippen LogP contribution in [0.2, 0.25) is 0 Å². The Morgan fingerprint density at radius 2 is 1.92 bits per heavy atom. The van der Waals surface area contributed by atoms with Crippen molar-refractivity contribution in [3.8, 4) is 22.9 Å². The number of halogens is 2. The van der Waals surface area contributed by atoms with Crippen LogP contribution in [0.3, 0.4) is 0 Å². The summed E-state index contributed by atoms with van der Waals surface area (Å²) in [5.41, 5.74) is 7.35. The molecule has 9 nitrogen and oxygen atoms in total. The van der Waals surface area contributed by atoms with Crippen molar-refractivity contribution in [1.82, 2.24) is 14.8 Å². The van der Waals surface area contributed by atoms with Crippen molar-refractivity contribution in [3.63, 3.8) is 0 Å². The molecule has 38 heavy (non-hydrogen) atoms. The second-order valence-corrected chi connectivity index (χ2v) is 8.75. The highest BCUT2D eigenvalue weighted by atomic mass is 19.1. The van der Waals surface area contributed by atoms with Gasteiger partial charge in [0.15, 0.2) is 11.6 Å². The van der Waals surface area contributed by atoms with Gasteiger partial charge in [-0.05, 0) is 48.4 Å². The predicted molar refractivity (Wildman–Crippen MR) is 137 cm³/mol. The van der Waals surface area contributed by atoms with Gasteiger partial charge in [-0.15, -0.1) is 0 Å². The number of aromatic nitrogens is 3. The highest BCUT2D eigenvalue weighted by Gasteiger charge is 2.24. The average molecular weight is 514 g/mol. The quantitative estimate of drug-likeness (QED) is 0.419. The number of anilines is 2. The summed E-state index contributed by atoms with van der Waals surface area (Å²) in [6.45, 7) is 1.21. The molecule has 11 heteroatoms. The third-order valence-corrected chi connectivity index (χ3v) is 6.25. The largest absolute Gasteiger partial charge is 0.368 e. The van der Waals surface area contributed by atoms with Gasteiger partial charge in [0.25, 0.3) is 11.5 Å². The fraction of sp³-hybridized carbons (Fsp3) is 0.148. The minimum Gasteiger partial charge on any atom is -0.368 e. The first-order valence-electron chi connectivity index (χ1n) is 11.7. The second kappa shape index (κ2) is 10.2.